The van der Waals surface area contributed by atoms with Crippen molar-refractivity contribution in [1.82, 2.24) is 15.0 Å². The van der Waals surface area contributed by atoms with Crippen molar-refractivity contribution < 1.29 is 4.74 Å². The highest BCUT2D eigenvalue weighted by atomic mass is 79.9. The Hall–Kier alpha value is -1.10. The molecule has 4 nitrogen and oxygen atoms in total. The monoisotopic (exact) mass is 295 g/mol. The number of fused-ring (bicyclic) bond motifs is 1. The van der Waals surface area contributed by atoms with E-state index in [0.29, 0.717) is 6.61 Å². The molecule has 17 heavy (non-hydrogen) atoms. The molecular formula is C12H14BrN3O. The van der Waals surface area contributed by atoms with Gasteiger partial charge in [-0.3, -0.25) is 0 Å². The molecule has 0 amide bonds. The average Bonchev–Trinajstić information content (AvgIpc) is 3.03. The van der Waals surface area contributed by atoms with Crippen LogP contribution in [0, 0.1) is 5.92 Å². The lowest BCUT2D eigenvalue weighted by atomic mass is 10.3. The van der Waals surface area contributed by atoms with Crippen LogP contribution in [0.3, 0.4) is 0 Å². The first-order valence-electron chi connectivity index (χ1n) is 5.94. The zero-order valence-corrected chi connectivity index (χ0v) is 11.3. The van der Waals surface area contributed by atoms with Gasteiger partial charge in [0.1, 0.15) is 11.3 Å². The summed E-state index contributed by atoms with van der Waals surface area (Å²) < 4.78 is 8.42. The number of halogens is 1. The third-order valence-electron chi connectivity index (χ3n) is 3.02. The van der Waals surface area contributed by atoms with Crippen LogP contribution in [0.4, 0.5) is 0 Å². The van der Waals surface area contributed by atoms with Crippen molar-refractivity contribution >= 4 is 27.0 Å². The van der Waals surface area contributed by atoms with Gasteiger partial charge in [-0.05, 0) is 53.7 Å². The van der Waals surface area contributed by atoms with E-state index in [4.69, 9.17) is 4.74 Å². The van der Waals surface area contributed by atoms with Gasteiger partial charge >= 0.3 is 0 Å². The second-order valence-corrected chi connectivity index (χ2v) is 5.19. The van der Waals surface area contributed by atoms with E-state index in [9.17, 15) is 0 Å². The molecule has 0 saturated heterocycles. The van der Waals surface area contributed by atoms with Crippen molar-refractivity contribution in [3.63, 3.8) is 0 Å². The van der Waals surface area contributed by atoms with Crippen LogP contribution in [0.25, 0.3) is 11.0 Å². The molecule has 1 aliphatic rings. The molecule has 0 unspecified atom stereocenters. The number of hydrogen-bond donors (Lipinski definition) is 0. The van der Waals surface area contributed by atoms with Crippen molar-refractivity contribution in [2.24, 2.45) is 5.92 Å². The molecule has 1 aliphatic carbocycles. The summed E-state index contributed by atoms with van der Waals surface area (Å²) in [5.74, 6) is 1.63. The van der Waals surface area contributed by atoms with E-state index in [-0.39, 0.29) is 0 Å². The highest BCUT2D eigenvalue weighted by Crippen LogP contribution is 2.34. The maximum atomic E-state index is 5.52. The Bertz CT molecular complexity index is 548. The number of nitrogens with zero attached hydrogens (tertiary/aromatic N) is 3. The molecule has 1 fully saturated rings. The van der Waals surface area contributed by atoms with Crippen LogP contribution >= 0.6 is 15.9 Å². The molecule has 1 heterocycles. The summed E-state index contributed by atoms with van der Waals surface area (Å²) in [4.78, 5) is 0. The number of ether oxygens (including phenoxy) is 1. The van der Waals surface area contributed by atoms with Crippen molar-refractivity contribution in [3.05, 3.63) is 16.6 Å². The summed E-state index contributed by atoms with van der Waals surface area (Å²) in [5.41, 5.74) is 1.96. The van der Waals surface area contributed by atoms with E-state index >= 15 is 0 Å². The molecule has 0 spiro atoms. The van der Waals surface area contributed by atoms with E-state index in [1.807, 2.05) is 23.7 Å². The summed E-state index contributed by atoms with van der Waals surface area (Å²) in [6.07, 6.45) is 2.64. The van der Waals surface area contributed by atoms with Crippen molar-refractivity contribution in [2.75, 3.05) is 6.61 Å². The van der Waals surface area contributed by atoms with Gasteiger partial charge in [0.15, 0.2) is 0 Å². The molecule has 0 atom stereocenters. The van der Waals surface area contributed by atoms with Crippen LogP contribution in [0.15, 0.2) is 16.6 Å². The Balaban J connectivity index is 2.02. The Morgan fingerprint density at radius 3 is 3.00 bits per heavy atom. The van der Waals surface area contributed by atoms with Gasteiger partial charge in [-0.15, -0.1) is 5.10 Å². The lowest BCUT2D eigenvalue weighted by Crippen LogP contribution is -2.01. The van der Waals surface area contributed by atoms with Crippen molar-refractivity contribution in [1.29, 1.82) is 0 Å². The Labute approximate surface area is 108 Å². The first-order valence-corrected chi connectivity index (χ1v) is 6.73. The fourth-order valence-electron chi connectivity index (χ4n) is 1.93. The van der Waals surface area contributed by atoms with Crippen LogP contribution in [0.5, 0.6) is 5.75 Å². The molecule has 0 aliphatic heterocycles. The molecule has 0 N–H and O–H groups in total. The number of benzene rings is 1. The summed E-state index contributed by atoms with van der Waals surface area (Å²) in [6.45, 7) is 3.61. The fraction of sp³-hybridized carbons (Fsp3) is 0.500. The van der Waals surface area contributed by atoms with E-state index in [1.54, 1.807) is 0 Å². The third kappa shape index (κ3) is 2.04. The molecule has 1 aromatic heterocycles. The Morgan fingerprint density at radius 2 is 2.29 bits per heavy atom. The quantitative estimate of drug-likeness (QED) is 0.870. The summed E-state index contributed by atoms with van der Waals surface area (Å²) in [7, 11) is 0. The van der Waals surface area contributed by atoms with Gasteiger partial charge < -0.3 is 4.74 Å². The average molecular weight is 296 g/mol. The van der Waals surface area contributed by atoms with E-state index in [2.05, 4.69) is 26.2 Å². The van der Waals surface area contributed by atoms with Gasteiger partial charge in [-0.2, -0.15) is 0 Å². The number of rotatable bonds is 4. The lowest BCUT2D eigenvalue weighted by Gasteiger charge is -2.06. The SMILES string of the molecule is CCOc1ccc2c(nnn2CC2CC2)c1Br. The first-order chi connectivity index (χ1) is 8.29. The summed E-state index contributed by atoms with van der Waals surface area (Å²) in [5, 5.41) is 8.45. The van der Waals surface area contributed by atoms with Gasteiger partial charge in [0, 0.05) is 6.54 Å². The van der Waals surface area contributed by atoms with Crippen LogP contribution in [0.1, 0.15) is 19.8 Å². The number of aromatic nitrogens is 3. The normalized spacial score (nSPS) is 15.4. The molecule has 5 heteroatoms. The predicted molar refractivity (Wildman–Crippen MR) is 69.1 cm³/mol. The third-order valence-corrected chi connectivity index (χ3v) is 3.78. The molecule has 90 valence electrons. The molecule has 2 aromatic rings. The molecular weight excluding hydrogens is 282 g/mol. The fourth-order valence-corrected chi connectivity index (χ4v) is 2.46. The molecule has 1 saturated carbocycles. The second kappa shape index (κ2) is 4.29. The standard InChI is InChI=1S/C12H14BrN3O/c1-2-17-10-6-5-9-12(11(10)13)14-15-16(9)7-8-3-4-8/h5-6,8H,2-4,7H2,1H3. The topological polar surface area (TPSA) is 39.9 Å². The van der Waals surface area contributed by atoms with Crippen molar-refractivity contribution in [2.45, 2.75) is 26.3 Å². The van der Waals surface area contributed by atoms with Crippen LogP contribution in [-0.2, 0) is 6.54 Å². The predicted octanol–water partition coefficient (Wildman–Crippen LogP) is 3.00. The second-order valence-electron chi connectivity index (χ2n) is 4.39. The highest BCUT2D eigenvalue weighted by Gasteiger charge is 2.23. The molecule has 3 rings (SSSR count). The Morgan fingerprint density at radius 1 is 1.47 bits per heavy atom. The largest absolute Gasteiger partial charge is 0.493 e. The summed E-state index contributed by atoms with van der Waals surface area (Å²) >= 11 is 3.54. The minimum Gasteiger partial charge on any atom is -0.493 e. The van der Waals surface area contributed by atoms with E-state index in [0.717, 1.165) is 33.7 Å². The van der Waals surface area contributed by atoms with Gasteiger partial charge in [0.05, 0.1) is 16.6 Å². The van der Waals surface area contributed by atoms with Gasteiger partial charge in [0.25, 0.3) is 0 Å². The van der Waals surface area contributed by atoms with Gasteiger partial charge in [-0.1, -0.05) is 5.21 Å². The maximum Gasteiger partial charge on any atom is 0.135 e. The van der Waals surface area contributed by atoms with Crippen LogP contribution in [0.2, 0.25) is 0 Å². The van der Waals surface area contributed by atoms with Gasteiger partial charge in [0.2, 0.25) is 0 Å². The van der Waals surface area contributed by atoms with Crippen LogP contribution < -0.4 is 4.74 Å². The van der Waals surface area contributed by atoms with E-state index in [1.165, 1.54) is 12.8 Å². The minimum atomic E-state index is 0.653. The highest BCUT2D eigenvalue weighted by molar-refractivity contribution is 9.10. The molecule has 0 bridgehead atoms. The van der Waals surface area contributed by atoms with E-state index < -0.39 is 0 Å². The summed E-state index contributed by atoms with van der Waals surface area (Å²) in [6, 6.07) is 4.01. The minimum absolute atomic E-state index is 0.653. The van der Waals surface area contributed by atoms with Crippen LogP contribution in [-0.4, -0.2) is 21.6 Å². The van der Waals surface area contributed by atoms with Crippen molar-refractivity contribution in [3.8, 4) is 5.75 Å². The Kier molecular flexibility index (Phi) is 2.78. The first kappa shape index (κ1) is 11.0. The molecule has 0 radical (unpaired) electrons. The smallest absolute Gasteiger partial charge is 0.135 e. The zero-order chi connectivity index (χ0) is 11.8. The lowest BCUT2D eigenvalue weighted by molar-refractivity contribution is 0.338. The maximum absolute atomic E-state index is 5.52. The molecule has 1 aromatic carbocycles. The zero-order valence-electron chi connectivity index (χ0n) is 9.69. The number of hydrogen-bond acceptors (Lipinski definition) is 3. The van der Waals surface area contributed by atoms with Gasteiger partial charge in [-0.25, -0.2) is 4.68 Å².